The fourth-order valence-corrected chi connectivity index (χ4v) is 3.99. The first-order valence-electron chi connectivity index (χ1n) is 9.85. The third-order valence-electron chi connectivity index (χ3n) is 5.48. The number of amides is 2. The fourth-order valence-electron chi connectivity index (χ4n) is 3.99. The molecule has 2 aliphatic rings. The highest BCUT2D eigenvalue weighted by Crippen LogP contribution is 2.21. The minimum atomic E-state index is -0.0653. The summed E-state index contributed by atoms with van der Waals surface area (Å²) < 4.78 is 1.50. The maximum absolute atomic E-state index is 13.2. The molecule has 2 amide bonds. The van der Waals surface area contributed by atoms with E-state index in [1.807, 2.05) is 23.1 Å². The number of carbonyl (C=O) groups is 2. The van der Waals surface area contributed by atoms with Crippen molar-refractivity contribution in [2.45, 2.75) is 31.7 Å². The van der Waals surface area contributed by atoms with Gasteiger partial charge >= 0.3 is 0 Å². The van der Waals surface area contributed by atoms with E-state index in [1.165, 1.54) is 11.0 Å². The van der Waals surface area contributed by atoms with Gasteiger partial charge in [-0.3, -0.25) is 9.59 Å². The first-order chi connectivity index (χ1) is 13.7. The zero-order valence-corrected chi connectivity index (χ0v) is 15.8. The van der Waals surface area contributed by atoms with Crippen molar-refractivity contribution in [1.82, 2.24) is 35.7 Å². The van der Waals surface area contributed by atoms with Crippen LogP contribution < -0.4 is 10.6 Å². The van der Waals surface area contributed by atoms with Crippen molar-refractivity contribution in [3.8, 4) is 5.69 Å². The molecule has 0 aliphatic carbocycles. The summed E-state index contributed by atoms with van der Waals surface area (Å²) in [5.74, 6) is 0.313. The molecule has 0 spiro atoms. The van der Waals surface area contributed by atoms with Gasteiger partial charge in [0.05, 0.1) is 17.3 Å². The predicted octanol–water partition coefficient (Wildman–Crippen LogP) is 0.383. The summed E-state index contributed by atoms with van der Waals surface area (Å²) in [6.45, 7) is 2.87. The van der Waals surface area contributed by atoms with Gasteiger partial charge in [0.15, 0.2) is 0 Å². The molecule has 0 saturated carbocycles. The van der Waals surface area contributed by atoms with Gasteiger partial charge in [-0.15, -0.1) is 5.10 Å². The van der Waals surface area contributed by atoms with E-state index < -0.39 is 0 Å². The highest BCUT2D eigenvalue weighted by Gasteiger charge is 2.28. The Kier molecular flexibility index (Phi) is 5.61. The summed E-state index contributed by atoms with van der Waals surface area (Å²) in [5, 5.41) is 17.5. The summed E-state index contributed by atoms with van der Waals surface area (Å²) in [6.07, 6.45) is 5.37. The van der Waals surface area contributed by atoms with E-state index in [9.17, 15) is 9.59 Å². The molecule has 2 aromatic rings. The number of benzene rings is 1. The van der Waals surface area contributed by atoms with Crippen LogP contribution in [0.25, 0.3) is 5.69 Å². The minimum absolute atomic E-state index is 0.0282. The molecule has 2 aliphatic heterocycles. The maximum atomic E-state index is 13.2. The molecule has 1 aromatic carbocycles. The predicted molar refractivity (Wildman–Crippen MR) is 102 cm³/mol. The summed E-state index contributed by atoms with van der Waals surface area (Å²) in [6, 6.07) is 7.28. The van der Waals surface area contributed by atoms with E-state index in [-0.39, 0.29) is 23.8 Å². The SMILES string of the molecule is O=C(NCC1CCCN(C(=O)c2ccccc2-n2cnnn2)C1)C1CCCN1. The van der Waals surface area contributed by atoms with Gasteiger partial charge in [0.2, 0.25) is 5.91 Å². The number of piperidine rings is 1. The van der Waals surface area contributed by atoms with Crippen LogP contribution >= 0.6 is 0 Å². The normalized spacial score (nSPS) is 22.2. The van der Waals surface area contributed by atoms with E-state index in [1.54, 1.807) is 6.07 Å². The van der Waals surface area contributed by atoms with Gasteiger partial charge < -0.3 is 15.5 Å². The molecule has 2 fully saturated rings. The Bertz CT molecular complexity index is 817. The Balaban J connectivity index is 1.39. The molecule has 0 bridgehead atoms. The Labute approximate surface area is 163 Å². The average molecular weight is 383 g/mol. The van der Waals surface area contributed by atoms with E-state index in [0.29, 0.717) is 24.3 Å². The highest BCUT2D eigenvalue weighted by molar-refractivity contribution is 5.97. The van der Waals surface area contributed by atoms with E-state index in [4.69, 9.17) is 0 Å². The van der Waals surface area contributed by atoms with E-state index >= 15 is 0 Å². The van der Waals surface area contributed by atoms with Crippen LogP contribution in [0.15, 0.2) is 30.6 Å². The summed E-state index contributed by atoms with van der Waals surface area (Å²) in [7, 11) is 0. The van der Waals surface area contributed by atoms with Crippen LogP contribution in [0.4, 0.5) is 0 Å². The van der Waals surface area contributed by atoms with Crippen molar-refractivity contribution in [3.05, 3.63) is 36.2 Å². The smallest absolute Gasteiger partial charge is 0.256 e. The summed E-state index contributed by atoms with van der Waals surface area (Å²) in [4.78, 5) is 27.3. The fraction of sp³-hybridized carbons (Fsp3) is 0.526. The molecule has 9 nitrogen and oxygen atoms in total. The second-order valence-electron chi connectivity index (χ2n) is 7.43. The van der Waals surface area contributed by atoms with E-state index in [0.717, 1.165) is 38.8 Å². The molecular formula is C19H25N7O2. The molecule has 148 valence electrons. The van der Waals surface area contributed by atoms with Crippen LogP contribution in [0.2, 0.25) is 0 Å². The lowest BCUT2D eigenvalue weighted by Crippen LogP contribution is -2.46. The number of para-hydroxylation sites is 1. The number of nitrogens with one attached hydrogen (secondary N) is 2. The van der Waals surface area contributed by atoms with Crippen molar-refractivity contribution < 1.29 is 9.59 Å². The van der Waals surface area contributed by atoms with Crippen molar-refractivity contribution in [2.24, 2.45) is 5.92 Å². The zero-order chi connectivity index (χ0) is 19.3. The van der Waals surface area contributed by atoms with E-state index in [2.05, 4.69) is 26.2 Å². The van der Waals surface area contributed by atoms with Gasteiger partial charge in [0, 0.05) is 19.6 Å². The van der Waals surface area contributed by atoms with Gasteiger partial charge in [-0.25, -0.2) is 0 Å². The van der Waals surface area contributed by atoms with Crippen molar-refractivity contribution >= 4 is 11.8 Å². The van der Waals surface area contributed by atoms with Crippen LogP contribution in [0, 0.1) is 5.92 Å². The quantitative estimate of drug-likeness (QED) is 0.774. The zero-order valence-electron chi connectivity index (χ0n) is 15.8. The lowest BCUT2D eigenvalue weighted by Gasteiger charge is -2.33. The Morgan fingerprint density at radius 2 is 2.11 bits per heavy atom. The van der Waals surface area contributed by atoms with Crippen LogP contribution in [0.3, 0.4) is 0 Å². The number of nitrogens with zero attached hydrogens (tertiary/aromatic N) is 5. The number of hydrogen-bond donors (Lipinski definition) is 2. The third-order valence-corrected chi connectivity index (χ3v) is 5.48. The van der Waals surface area contributed by atoms with Crippen LogP contribution in [0.5, 0.6) is 0 Å². The van der Waals surface area contributed by atoms with Gasteiger partial charge in [0.1, 0.15) is 6.33 Å². The maximum Gasteiger partial charge on any atom is 0.256 e. The molecule has 4 rings (SSSR count). The van der Waals surface area contributed by atoms with Crippen LogP contribution in [-0.4, -0.2) is 69.1 Å². The van der Waals surface area contributed by atoms with Crippen LogP contribution in [-0.2, 0) is 4.79 Å². The topological polar surface area (TPSA) is 105 Å². The summed E-state index contributed by atoms with van der Waals surface area (Å²) >= 11 is 0. The Morgan fingerprint density at radius 1 is 1.21 bits per heavy atom. The Hall–Kier alpha value is -2.81. The lowest BCUT2D eigenvalue weighted by molar-refractivity contribution is -0.123. The van der Waals surface area contributed by atoms with Crippen molar-refractivity contribution in [2.75, 3.05) is 26.2 Å². The average Bonchev–Trinajstić information content (AvgIpc) is 3.46. The molecule has 2 saturated heterocycles. The molecule has 28 heavy (non-hydrogen) atoms. The van der Waals surface area contributed by atoms with Crippen molar-refractivity contribution in [3.63, 3.8) is 0 Å². The molecule has 2 N–H and O–H groups in total. The number of rotatable bonds is 5. The standard InChI is InChI=1S/C19H25N7O2/c27-18(16-7-3-9-20-16)21-11-14-5-4-10-25(12-14)19(28)15-6-1-2-8-17(15)26-13-22-23-24-26/h1-2,6,8,13-14,16,20H,3-5,7,9-12H2,(H,21,27). The molecule has 2 unspecified atom stereocenters. The van der Waals surface area contributed by atoms with Gasteiger partial charge in [0.25, 0.3) is 5.91 Å². The first kappa shape index (κ1) is 18.5. The Morgan fingerprint density at radius 3 is 2.89 bits per heavy atom. The number of tetrazole rings is 1. The van der Waals surface area contributed by atoms with Gasteiger partial charge in [-0.2, -0.15) is 4.68 Å². The molecular weight excluding hydrogens is 358 g/mol. The number of hydrogen-bond acceptors (Lipinski definition) is 6. The largest absolute Gasteiger partial charge is 0.354 e. The minimum Gasteiger partial charge on any atom is -0.354 e. The molecule has 2 atom stereocenters. The molecule has 1 aromatic heterocycles. The second-order valence-corrected chi connectivity index (χ2v) is 7.43. The van der Waals surface area contributed by atoms with Crippen molar-refractivity contribution in [1.29, 1.82) is 0 Å². The van der Waals surface area contributed by atoms with Gasteiger partial charge in [-0.05, 0) is 60.7 Å². The number of aromatic nitrogens is 4. The molecule has 3 heterocycles. The third kappa shape index (κ3) is 4.04. The highest BCUT2D eigenvalue weighted by atomic mass is 16.2. The monoisotopic (exact) mass is 383 g/mol. The van der Waals surface area contributed by atoms with Gasteiger partial charge in [-0.1, -0.05) is 12.1 Å². The lowest BCUT2D eigenvalue weighted by atomic mass is 9.97. The number of likely N-dealkylation sites (tertiary alicyclic amines) is 1. The molecule has 0 radical (unpaired) electrons. The number of carbonyl (C=O) groups excluding carboxylic acids is 2. The molecule has 9 heteroatoms. The second kappa shape index (κ2) is 8.47. The first-order valence-corrected chi connectivity index (χ1v) is 9.85. The summed E-state index contributed by atoms with van der Waals surface area (Å²) in [5.41, 5.74) is 1.25. The van der Waals surface area contributed by atoms with Crippen LogP contribution in [0.1, 0.15) is 36.0 Å².